The van der Waals surface area contributed by atoms with E-state index >= 15 is 0 Å². The third-order valence-electron chi connectivity index (χ3n) is 2.68. The molecule has 0 saturated heterocycles. The number of halogens is 2. The minimum atomic E-state index is -3.83. The zero-order valence-electron chi connectivity index (χ0n) is 9.86. The maximum Gasteiger partial charge on any atom is 0.287 e. The summed E-state index contributed by atoms with van der Waals surface area (Å²) < 4.78 is 53.5. The molecule has 0 aliphatic carbocycles. The molecule has 1 aliphatic rings. The van der Waals surface area contributed by atoms with Crippen molar-refractivity contribution < 1.29 is 17.2 Å². The lowest BCUT2D eigenvalue weighted by atomic mass is 10.2. The second-order valence-corrected chi connectivity index (χ2v) is 5.62. The normalized spacial score (nSPS) is 16.0. The highest BCUT2D eigenvalue weighted by molar-refractivity contribution is 7.90. The Bertz CT molecular complexity index is 801. The lowest BCUT2D eigenvalue weighted by molar-refractivity contribution is 0.584. The van der Waals surface area contributed by atoms with Gasteiger partial charge in [0.2, 0.25) is 0 Å². The maximum absolute atomic E-state index is 13.3. The summed E-state index contributed by atoms with van der Waals surface area (Å²) in [6.45, 7) is 0. The zero-order valence-corrected chi connectivity index (χ0v) is 10.7. The number of nitrogens with zero attached hydrogens (tertiary/aromatic N) is 3. The Morgan fingerprint density at radius 3 is 2.50 bits per heavy atom. The molecule has 102 valence electrons. The van der Waals surface area contributed by atoms with Gasteiger partial charge in [0.1, 0.15) is 22.9 Å². The lowest BCUT2D eigenvalue weighted by Gasteiger charge is -2.23. The summed E-state index contributed by atoms with van der Waals surface area (Å²) >= 11 is 0. The van der Waals surface area contributed by atoms with Gasteiger partial charge < -0.3 is 0 Å². The van der Waals surface area contributed by atoms with Crippen molar-refractivity contribution in [1.82, 2.24) is 4.98 Å². The topological polar surface area (TPSA) is 62.6 Å². The fraction of sp³-hybridized carbons (Fsp3) is 0. The predicted molar refractivity (Wildman–Crippen MR) is 68.4 cm³/mol. The molecule has 8 heteroatoms. The smallest absolute Gasteiger partial charge is 0.283 e. The molecular weight excluding hydrogens is 288 g/mol. The first-order valence-electron chi connectivity index (χ1n) is 5.48. The third-order valence-corrected chi connectivity index (χ3v) is 3.93. The van der Waals surface area contributed by atoms with Crippen LogP contribution in [0.15, 0.2) is 45.8 Å². The lowest BCUT2D eigenvalue weighted by Crippen LogP contribution is -2.23. The summed E-state index contributed by atoms with van der Waals surface area (Å²) in [5.41, 5.74) is 0.0982. The van der Waals surface area contributed by atoms with E-state index in [2.05, 4.69) is 9.38 Å². The Hall–Kier alpha value is -2.35. The summed E-state index contributed by atoms with van der Waals surface area (Å²) in [4.78, 5) is 5.04. The first-order valence-corrected chi connectivity index (χ1v) is 6.92. The molecule has 0 radical (unpaired) electrons. The second-order valence-electron chi connectivity index (χ2n) is 4.02. The molecule has 0 saturated carbocycles. The Morgan fingerprint density at radius 2 is 1.80 bits per heavy atom. The van der Waals surface area contributed by atoms with Crippen LogP contribution in [0.5, 0.6) is 0 Å². The van der Waals surface area contributed by atoms with E-state index in [0.29, 0.717) is 0 Å². The highest BCUT2D eigenvalue weighted by atomic mass is 32.2. The summed E-state index contributed by atoms with van der Waals surface area (Å²) in [5.74, 6) is -1.51. The van der Waals surface area contributed by atoms with Gasteiger partial charge in [-0.05, 0) is 24.3 Å². The van der Waals surface area contributed by atoms with Gasteiger partial charge >= 0.3 is 0 Å². The quantitative estimate of drug-likeness (QED) is 0.809. The van der Waals surface area contributed by atoms with Crippen LogP contribution in [-0.4, -0.2) is 19.7 Å². The van der Waals surface area contributed by atoms with Crippen molar-refractivity contribution in [3.63, 3.8) is 0 Å². The molecule has 5 nitrogen and oxygen atoms in total. The van der Waals surface area contributed by atoms with Crippen molar-refractivity contribution in [2.45, 2.75) is 4.90 Å². The van der Waals surface area contributed by atoms with E-state index in [9.17, 15) is 17.2 Å². The third kappa shape index (κ3) is 2.03. The van der Waals surface area contributed by atoms with Gasteiger partial charge in [-0.15, -0.1) is 4.40 Å². The van der Waals surface area contributed by atoms with Gasteiger partial charge in [0.25, 0.3) is 10.0 Å². The molecule has 1 aromatic heterocycles. The van der Waals surface area contributed by atoms with E-state index in [0.717, 1.165) is 24.5 Å². The fourth-order valence-electron chi connectivity index (χ4n) is 1.85. The van der Waals surface area contributed by atoms with E-state index in [4.69, 9.17) is 0 Å². The van der Waals surface area contributed by atoms with Crippen LogP contribution < -0.4 is 4.90 Å². The van der Waals surface area contributed by atoms with Crippen LogP contribution in [0.25, 0.3) is 0 Å². The fourth-order valence-corrected chi connectivity index (χ4v) is 2.82. The first kappa shape index (κ1) is 12.7. The highest BCUT2D eigenvalue weighted by Crippen LogP contribution is 2.32. The van der Waals surface area contributed by atoms with Crippen molar-refractivity contribution in [2.75, 3.05) is 4.90 Å². The van der Waals surface area contributed by atoms with Gasteiger partial charge in [-0.1, -0.05) is 0 Å². The number of hydrogen-bond acceptors (Lipinski definition) is 4. The van der Waals surface area contributed by atoms with Crippen LogP contribution in [-0.2, 0) is 10.0 Å². The van der Waals surface area contributed by atoms with Crippen LogP contribution in [0.2, 0.25) is 0 Å². The predicted octanol–water partition coefficient (Wildman–Crippen LogP) is 2.23. The summed E-state index contributed by atoms with van der Waals surface area (Å²) in [7, 11) is -3.83. The van der Waals surface area contributed by atoms with Gasteiger partial charge in [-0.2, -0.15) is 8.42 Å². The molecule has 1 aliphatic heterocycles. The molecule has 20 heavy (non-hydrogen) atoms. The molecule has 0 bridgehead atoms. The number of rotatable bonds is 1. The molecule has 0 unspecified atom stereocenters. The molecule has 0 amide bonds. The number of fused-ring (bicyclic) bond motifs is 1. The number of pyridine rings is 1. The minimum Gasteiger partial charge on any atom is -0.283 e. The molecule has 0 fully saturated rings. The van der Waals surface area contributed by atoms with Gasteiger partial charge in [0, 0.05) is 12.3 Å². The van der Waals surface area contributed by atoms with E-state index in [-0.39, 0.29) is 16.4 Å². The largest absolute Gasteiger partial charge is 0.287 e. The van der Waals surface area contributed by atoms with E-state index in [1.807, 2.05) is 0 Å². The number of hydrogen-bond donors (Lipinski definition) is 0. The monoisotopic (exact) mass is 295 g/mol. The summed E-state index contributed by atoms with van der Waals surface area (Å²) in [6.07, 6.45) is 2.36. The maximum atomic E-state index is 13.3. The van der Waals surface area contributed by atoms with Gasteiger partial charge in [0.15, 0.2) is 5.82 Å². The van der Waals surface area contributed by atoms with Crippen molar-refractivity contribution in [1.29, 1.82) is 0 Å². The number of benzene rings is 1. The molecule has 2 aromatic rings. The van der Waals surface area contributed by atoms with E-state index in [1.54, 1.807) is 0 Å². The van der Waals surface area contributed by atoms with E-state index in [1.165, 1.54) is 23.2 Å². The standard InChI is InChI=1S/C12H7F2N3O2S/c13-8-4-9(14)6-10(5-8)17-7-16-20(18,19)11-2-1-3-15-12(11)17/h1-7H. The SMILES string of the molecule is O=S1(=O)N=CN(c2cc(F)cc(F)c2)c2ncccc21. The molecule has 0 atom stereocenters. The molecule has 0 spiro atoms. The van der Waals surface area contributed by atoms with Gasteiger partial charge in [-0.3, -0.25) is 4.90 Å². The van der Waals surface area contributed by atoms with Crippen molar-refractivity contribution in [3.8, 4) is 0 Å². The van der Waals surface area contributed by atoms with Gasteiger partial charge in [0.05, 0.1) is 5.69 Å². The van der Waals surface area contributed by atoms with Crippen molar-refractivity contribution >= 4 is 27.9 Å². The number of sulfonamides is 1. The molecule has 2 heterocycles. The van der Waals surface area contributed by atoms with Crippen LogP contribution in [0, 0.1) is 11.6 Å². The van der Waals surface area contributed by atoms with Gasteiger partial charge in [-0.25, -0.2) is 13.8 Å². The Morgan fingerprint density at radius 1 is 1.10 bits per heavy atom. The molecule has 1 aromatic carbocycles. The molecule has 0 N–H and O–H groups in total. The Labute approximate surface area is 113 Å². The molecular formula is C12H7F2N3O2S. The molecule has 3 rings (SSSR count). The number of anilines is 2. The summed E-state index contributed by atoms with van der Waals surface area (Å²) in [5, 5.41) is 0. The van der Waals surface area contributed by atoms with Crippen LogP contribution in [0.3, 0.4) is 0 Å². The van der Waals surface area contributed by atoms with Crippen LogP contribution in [0.1, 0.15) is 0 Å². The number of aromatic nitrogens is 1. The Balaban J connectivity index is 2.21. The first-order chi connectivity index (χ1) is 9.47. The van der Waals surface area contributed by atoms with E-state index < -0.39 is 21.7 Å². The second kappa shape index (κ2) is 4.34. The van der Waals surface area contributed by atoms with Crippen molar-refractivity contribution in [3.05, 3.63) is 48.2 Å². The van der Waals surface area contributed by atoms with Crippen LogP contribution in [0.4, 0.5) is 20.3 Å². The average molecular weight is 295 g/mol. The van der Waals surface area contributed by atoms with Crippen molar-refractivity contribution in [2.24, 2.45) is 4.40 Å². The Kier molecular flexibility index (Phi) is 2.75. The summed E-state index contributed by atoms with van der Waals surface area (Å²) in [6, 6.07) is 5.62. The zero-order chi connectivity index (χ0) is 14.3. The van der Waals surface area contributed by atoms with Crippen LogP contribution >= 0.6 is 0 Å². The average Bonchev–Trinajstić information content (AvgIpc) is 2.38. The minimum absolute atomic E-state index is 0.0486. The highest BCUT2D eigenvalue weighted by Gasteiger charge is 2.27.